The van der Waals surface area contributed by atoms with Gasteiger partial charge in [0.2, 0.25) is 0 Å². The monoisotopic (exact) mass is 179 g/mol. The van der Waals surface area contributed by atoms with E-state index < -0.39 is 0 Å². The Morgan fingerprint density at radius 2 is 2.14 bits per heavy atom. The molecule has 3 rings (SSSR count). The summed E-state index contributed by atoms with van der Waals surface area (Å²) in [6.45, 7) is 0. The van der Waals surface area contributed by atoms with Gasteiger partial charge in [0.25, 0.3) is 0 Å². The lowest BCUT2D eigenvalue weighted by Gasteiger charge is -2.00. The Bertz CT molecular complexity index is 547. The van der Waals surface area contributed by atoms with Crippen LogP contribution in [-0.4, -0.2) is 9.97 Å². The molecule has 65 valence electrons. The number of aromatic nitrogens is 2. The van der Waals surface area contributed by atoms with Gasteiger partial charge in [-0.25, -0.2) is 0 Å². The molecule has 0 saturated heterocycles. The van der Waals surface area contributed by atoms with Gasteiger partial charge in [0, 0.05) is 29.4 Å². The summed E-state index contributed by atoms with van der Waals surface area (Å²) in [6, 6.07) is 11.1. The third-order valence-corrected chi connectivity index (χ3v) is 2.30. The molecule has 0 fully saturated rings. The summed E-state index contributed by atoms with van der Waals surface area (Å²) < 4.78 is 0. The third kappa shape index (κ3) is 0.973. The van der Waals surface area contributed by atoms with Crippen LogP contribution in [0.4, 0.5) is 0 Å². The Morgan fingerprint density at radius 1 is 1.14 bits per heavy atom. The molecule has 14 heavy (non-hydrogen) atoms. The summed E-state index contributed by atoms with van der Waals surface area (Å²) in [5.41, 5.74) is 0.995. The van der Waals surface area contributed by atoms with Gasteiger partial charge in [0.05, 0.1) is 5.52 Å². The van der Waals surface area contributed by atoms with Crippen LogP contribution < -0.4 is 0 Å². The molecule has 2 heterocycles. The van der Waals surface area contributed by atoms with Crippen molar-refractivity contribution in [3.63, 3.8) is 0 Å². The number of nitrogens with zero attached hydrogens (tertiary/aromatic N) is 2. The molecule has 2 heteroatoms. The van der Waals surface area contributed by atoms with Crippen LogP contribution in [0.25, 0.3) is 21.7 Å². The molecule has 0 spiro atoms. The molecule has 0 amide bonds. The minimum Gasteiger partial charge on any atom is -0.264 e. The van der Waals surface area contributed by atoms with Gasteiger partial charge in [-0.3, -0.25) is 9.97 Å². The quantitative estimate of drug-likeness (QED) is 0.496. The molecule has 0 saturated carbocycles. The number of rotatable bonds is 0. The molecule has 2 aromatic heterocycles. The number of fused-ring (bicyclic) bond motifs is 3. The molecule has 0 atom stereocenters. The maximum absolute atomic E-state index is 4.35. The Hall–Kier alpha value is -1.96. The molecule has 0 bridgehead atoms. The van der Waals surface area contributed by atoms with Gasteiger partial charge in [0.15, 0.2) is 0 Å². The van der Waals surface area contributed by atoms with E-state index >= 15 is 0 Å². The molecule has 0 aliphatic rings. The van der Waals surface area contributed by atoms with Crippen LogP contribution in [-0.2, 0) is 0 Å². The molecular weight excluding hydrogens is 172 g/mol. The summed E-state index contributed by atoms with van der Waals surface area (Å²) in [5, 5.41) is 3.23. The number of benzene rings is 1. The topological polar surface area (TPSA) is 25.8 Å². The fraction of sp³-hybridized carbons (Fsp3) is 0. The van der Waals surface area contributed by atoms with Crippen molar-refractivity contribution in [2.45, 2.75) is 0 Å². The molecule has 0 aliphatic heterocycles. The maximum atomic E-state index is 4.35. The predicted octanol–water partition coefficient (Wildman–Crippen LogP) is 2.58. The Labute approximate surface area is 81.2 Å². The van der Waals surface area contributed by atoms with Crippen molar-refractivity contribution in [3.8, 4) is 0 Å². The fourth-order valence-corrected chi connectivity index (χ4v) is 1.62. The van der Waals surface area contributed by atoms with E-state index in [0.717, 1.165) is 21.7 Å². The summed E-state index contributed by atoms with van der Waals surface area (Å²) >= 11 is 0. The van der Waals surface area contributed by atoms with Crippen LogP contribution in [0.15, 0.2) is 42.9 Å². The molecule has 0 N–H and O–H groups in total. The Balaban J connectivity index is 2.61. The van der Waals surface area contributed by atoms with E-state index in [-0.39, 0.29) is 0 Å². The van der Waals surface area contributed by atoms with E-state index in [2.05, 4.69) is 16.0 Å². The first kappa shape index (κ1) is 7.44. The highest BCUT2D eigenvalue weighted by molar-refractivity contribution is 6.04. The second-order valence-electron chi connectivity index (χ2n) is 3.15. The normalized spacial score (nSPS) is 10.9. The van der Waals surface area contributed by atoms with Crippen molar-refractivity contribution in [1.29, 1.82) is 0 Å². The Kier molecular flexibility index (Phi) is 1.47. The molecule has 1 aromatic carbocycles. The summed E-state index contributed by atoms with van der Waals surface area (Å²) in [6.07, 6.45) is 5.41. The molecule has 2 nitrogen and oxygen atoms in total. The number of hydrogen-bond acceptors (Lipinski definition) is 2. The highest BCUT2D eigenvalue weighted by atomic mass is 14.7. The largest absolute Gasteiger partial charge is 0.264 e. The van der Waals surface area contributed by atoms with Crippen molar-refractivity contribution in [2.75, 3.05) is 0 Å². The van der Waals surface area contributed by atoms with Gasteiger partial charge >= 0.3 is 0 Å². The summed E-state index contributed by atoms with van der Waals surface area (Å²) in [4.78, 5) is 8.45. The molecule has 3 aromatic rings. The van der Waals surface area contributed by atoms with Crippen LogP contribution in [0.2, 0.25) is 0 Å². The van der Waals surface area contributed by atoms with Gasteiger partial charge in [-0.1, -0.05) is 6.07 Å². The van der Waals surface area contributed by atoms with Crippen molar-refractivity contribution in [3.05, 3.63) is 48.9 Å². The highest BCUT2D eigenvalue weighted by Crippen LogP contribution is 2.21. The molecular formula is C12H7N2. The zero-order chi connectivity index (χ0) is 9.38. The predicted molar refractivity (Wildman–Crippen MR) is 55.9 cm³/mol. The van der Waals surface area contributed by atoms with Gasteiger partial charge in [-0.05, 0) is 29.7 Å². The Morgan fingerprint density at radius 3 is 3.14 bits per heavy atom. The lowest BCUT2D eigenvalue weighted by molar-refractivity contribution is 1.36. The number of pyridine rings is 2. The second kappa shape index (κ2) is 2.77. The van der Waals surface area contributed by atoms with E-state index in [0.29, 0.717) is 0 Å². The van der Waals surface area contributed by atoms with E-state index in [4.69, 9.17) is 0 Å². The fourth-order valence-electron chi connectivity index (χ4n) is 1.62. The lowest BCUT2D eigenvalue weighted by atomic mass is 10.1. The van der Waals surface area contributed by atoms with Crippen molar-refractivity contribution < 1.29 is 0 Å². The van der Waals surface area contributed by atoms with Gasteiger partial charge < -0.3 is 0 Å². The van der Waals surface area contributed by atoms with Gasteiger partial charge in [0.1, 0.15) is 0 Å². The average molecular weight is 179 g/mol. The van der Waals surface area contributed by atoms with Crippen LogP contribution in [0, 0.1) is 6.07 Å². The van der Waals surface area contributed by atoms with Crippen LogP contribution >= 0.6 is 0 Å². The van der Waals surface area contributed by atoms with Crippen LogP contribution in [0.3, 0.4) is 0 Å². The highest BCUT2D eigenvalue weighted by Gasteiger charge is 1.99. The van der Waals surface area contributed by atoms with E-state index in [1.165, 1.54) is 0 Å². The van der Waals surface area contributed by atoms with Gasteiger partial charge in [-0.2, -0.15) is 0 Å². The first-order valence-electron chi connectivity index (χ1n) is 4.44. The SMILES string of the molecule is [c]1cc2cccnc2c2cnccc12. The summed E-state index contributed by atoms with van der Waals surface area (Å²) in [7, 11) is 0. The first-order chi connectivity index (χ1) is 6.95. The smallest absolute Gasteiger partial charge is 0.0796 e. The maximum Gasteiger partial charge on any atom is 0.0796 e. The third-order valence-electron chi connectivity index (χ3n) is 2.30. The number of hydrogen-bond donors (Lipinski definition) is 0. The minimum atomic E-state index is 0.995. The summed E-state index contributed by atoms with van der Waals surface area (Å²) in [5.74, 6) is 0. The first-order valence-corrected chi connectivity index (χ1v) is 4.44. The standard InChI is InChI=1S/C12H7N2/c1-2-10-4-3-9-5-7-13-8-11(9)12(10)14-6-1/h1-2,4-8H. The van der Waals surface area contributed by atoms with Crippen LogP contribution in [0.5, 0.6) is 0 Å². The lowest BCUT2D eigenvalue weighted by Crippen LogP contribution is -1.81. The van der Waals surface area contributed by atoms with E-state index in [9.17, 15) is 0 Å². The van der Waals surface area contributed by atoms with Crippen molar-refractivity contribution in [2.24, 2.45) is 0 Å². The van der Waals surface area contributed by atoms with E-state index in [1.807, 2.05) is 30.5 Å². The van der Waals surface area contributed by atoms with Crippen molar-refractivity contribution >= 4 is 21.7 Å². The average Bonchev–Trinajstić information content (AvgIpc) is 2.29. The molecule has 1 radical (unpaired) electrons. The van der Waals surface area contributed by atoms with E-state index in [1.54, 1.807) is 12.4 Å². The van der Waals surface area contributed by atoms with Gasteiger partial charge in [-0.15, -0.1) is 0 Å². The minimum absolute atomic E-state index is 0.995. The second-order valence-corrected chi connectivity index (χ2v) is 3.15. The van der Waals surface area contributed by atoms with Crippen LogP contribution in [0.1, 0.15) is 0 Å². The molecule has 0 unspecified atom stereocenters. The zero-order valence-electron chi connectivity index (χ0n) is 7.44. The van der Waals surface area contributed by atoms with Crippen molar-refractivity contribution in [1.82, 2.24) is 9.97 Å². The molecule has 0 aliphatic carbocycles. The zero-order valence-corrected chi connectivity index (χ0v) is 7.44.